The first-order valence-corrected chi connectivity index (χ1v) is 12.7. The van der Waals surface area contributed by atoms with Gasteiger partial charge in [-0.25, -0.2) is 9.18 Å². The summed E-state index contributed by atoms with van der Waals surface area (Å²) in [5, 5.41) is 15.0. The highest BCUT2D eigenvalue weighted by atomic mass is 32.1. The highest BCUT2D eigenvalue weighted by Crippen LogP contribution is 2.34. The molecule has 3 aromatic rings. The minimum absolute atomic E-state index is 0.0745. The second-order valence-electron chi connectivity index (χ2n) is 9.61. The van der Waals surface area contributed by atoms with Gasteiger partial charge < -0.3 is 15.0 Å². The zero-order valence-corrected chi connectivity index (χ0v) is 21.2. The van der Waals surface area contributed by atoms with Crippen LogP contribution in [-0.2, 0) is 11.3 Å². The SMILES string of the molecule is CC(=S)NCC1CN(c2ccc(C3CCN(Cc4c[nH]c5ccc([N+](=O)[O-])cc45)CC3)c(F)c2)C(=O)O1. The van der Waals surface area contributed by atoms with Gasteiger partial charge in [0.05, 0.1) is 28.7 Å². The lowest BCUT2D eigenvalue weighted by atomic mass is 9.88. The van der Waals surface area contributed by atoms with E-state index in [0.29, 0.717) is 35.9 Å². The highest BCUT2D eigenvalue weighted by Gasteiger charge is 2.33. The van der Waals surface area contributed by atoms with Crippen molar-refractivity contribution in [3.05, 3.63) is 69.7 Å². The van der Waals surface area contributed by atoms with E-state index < -0.39 is 6.09 Å². The third-order valence-corrected chi connectivity index (χ3v) is 7.28. The molecule has 11 heteroatoms. The first-order chi connectivity index (χ1) is 17.8. The van der Waals surface area contributed by atoms with Crippen LogP contribution in [-0.4, -0.2) is 58.2 Å². The van der Waals surface area contributed by atoms with E-state index in [1.165, 1.54) is 17.0 Å². The molecule has 0 bridgehead atoms. The molecule has 2 aromatic carbocycles. The number of thiocarbonyl (C=S) groups is 1. The Morgan fingerprint density at radius 1 is 1.27 bits per heavy atom. The zero-order chi connectivity index (χ0) is 26.1. The van der Waals surface area contributed by atoms with Gasteiger partial charge in [-0.05, 0) is 68.1 Å². The minimum atomic E-state index is -0.489. The van der Waals surface area contributed by atoms with Crippen LogP contribution in [0, 0.1) is 15.9 Å². The number of rotatable bonds is 7. The Labute approximate surface area is 218 Å². The second kappa shape index (κ2) is 10.4. The maximum absolute atomic E-state index is 15.2. The summed E-state index contributed by atoms with van der Waals surface area (Å²) in [5.74, 6) is -0.230. The zero-order valence-electron chi connectivity index (χ0n) is 20.4. The number of piperidine rings is 1. The molecule has 194 valence electrons. The van der Waals surface area contributed by atoms with Crippen LogP contribution in [0.25, 0.3) is 10.9 Å². The van der Waals surface area contributed by atoms with E-state index >= 15 is 4.39 Å². The number of cyclic esters (lactones) is 1. The van der Waals surface area contributed by atoms with Crippen molar-refractivity contribution in [2.24, 2.45) is 0 Å². The van der Waals surface area contributed by atoms with Gasteiger partial charge in [0.15, 0.2) is 0 Å². The Kier molecular flexibility index (Phi) is 7.07. The van der Waals surface area contributed by atoms with Gasteiger partial charge in [-0.3, -0.25) is 19.9 Å². The predicted octanol–water partition coefficient (Wildman–Crippen LogP) is 4.86. The second-order valence-corrected chi connectivity index (χ2v) is 10.2. The van der Waals surface area contributed by atoms with Crippen LogP contribution in [0.3, 0.4) is 0 Å². The number of ether oxygens (including phenoxy) is 1. The Hall–Kier alpha value is -3.57. The Balaban J connectivity index is 1.20. The molecule has 0 saturated carbocycles. The summed E-state index contributed by atoms with van der Waals surface area (Å²) in [5.41, 5.74) is 3.10. The Morgan fingerprint density at radius 3 is 2.76 bits per heavy atom. The van der Waals surface area contributed by atoms with Crippen molar-refractivity contribution in [2.45, 2.75) is 38.3 Å². The molecule has 2 saturated heterocycles. The van der Waals surface area contributed by atoms with E-state index in [-0.39, 0.29) is 28.4 Å². The number of halogens is 1. The van der Waals surface area contributed by atoms with Crippen molar-refractivity contribution in [1.29, 1.82) is 0 Å². The summed E-state index contributed by atoms with van der Waals surface area (Å²) in [6.45, 7) is 4.78. The maximum atomic E-state index is 15.2. The molecule has 1 atom stereocenters. The van der Waals surface area contributed by atoms with E-state index in [2.05, 4.69) is 15.2 Å². The van der Waals surface area contributed by atoms with Gasteiger partial charge in [-0.2, -0.15) is 0 Å². The van der Waals surface area contributed by atoms with Gasteiger partial charge in [0, 0.05) is 35.8 Å². The molecular weight excluding hydrogens is 497 g/mol. The summed E-state index contributed by atoms with van der Waals surface area (Å²) < 4.78 is 20.5. The molecule has 5 rings (SSSR count). The van der Waals surface area contributed by atoms with Crippen LogP contribution >= 0.6 is 12.2 Å². The summed E-state index contributed by atoms with van der Waals surface area (Å²) in [7, 11) is 0. The first kappa shape index (κ1) is 25.1. The molecule has 2 N–H and O–H groups in total. The number of likely N-dealkylation sites (tertiary alicyclic amines) is 1. The number of aromatic nitrogens is 1. The van der Waals surface area contributed by atoms with Crippen molar-refractivity contribution < 1.29 is 18.8 Å². The fourth-order valence-electron chi connectivity index (χ4n) is 5.17. The number of carbonyl (C=O) groups excluding carboxylic acids is 1. The smallest absolute Gasteiger partial charge is 0.414 e. The number of anilines is 1. The normalized spacial score (nSPS) is 18.8. The largest absolute Gasteiger partial charge is 0.442 e. The molecule has 2 aliphatic heterocycles. The van der Waals surface area contributed by atoms with E-state index in [0.717, 1.165) is 42.4 Å². The van der Waals surface area contributed by atoms with Gasteiger partial charge >= 0.3 is 6.09 Å². The topological polar surface area (TPSA) is 104 Å². The molecule has 9 nitrogen and oxygen atoms in total. The lowest BCUT2D eigenvalue weighted by molar-refractivity contribution is -0.384. The quantitative estimate of drug-likeness (QED) is 0.258. The summed E-state index contributed by atoms with van der Waals surface area (Å²) in [4.78, 5) is 30.6. The van der Waals surface area contributed by atoms with E-state index in [1.807, 2.05) is 6.20 Å². The number of hydrogen-bond donors (Lipinski definition) is 2. The monoisotopic (exact) mass is 525 g/mol. The Morgan fingerprint density at radius 2 is 2.05 bits per heavy atom. The minimum Gasteiger partial charge on any atom is -0.442 e. The molecule has 0 spiro atoms. The number of aromatic amines is 1. The van der Waals surface area contributed by atoms with Crippen LogP contribution in [0.5, 0.6) is 0 Å². The van der Waals surface area contributed by atoms with Crippen molar-refractivity contribution in [1.82, 2.24) is 15.2 Å². The number of amides is 1. The molecule has 1 aromatic heterocycles. The number of benzene rings is 2. The highest BCUT2D eigenvalue weighted by molar-refractivity contribution is 7.80. The van der Waals surface area contributed by atoms with E-state index in [4.69, 9.17) is 17.0 Å². The lowest BCUT2D eigenvalue weighted by Gasteiger charge is -2.32. The lowest BCUT2D eigenvalue weighted by Crippen LogP contribution is -2.33. The number of fused-ring (bicyclic) bond motifs is 1. The van der Waals surface area contributed by atoms with Gasteiger partial charge in [-0.15, -0.1) is 0 Å². The van der Waals surface area contributed by atoms with Crippen molar-refractivity contribution in [3.8, 4) is 0 Å². The third-order valence-electron chi connectivity index (χ3n) is 7.13. The van der Waals surface area contributed by atoms with E-state index in [1.54, 1.807) is 31.2 Å². The van der Waals surface area contributed by atoms with Crippen LogP contribution in [0.2, 0.25) is 0 Å². The van der Waals surface area contributed by atoms with Crippen molar-refractivity contribution in [3.63, 3.8) is 0 Å². The molecule has 0 radical (unpaired) electrons. The number of nitro groups is 1. The van der Waals surface area contributed by atoms with Gasteiger partial charge in [0.1, 0.15) is 11.9 Å². The van der Waals surface area contributed by atoms with Crippen LogP contribution in [0.15, 0.2) is 42.6 Å². The molecule has 3 heterocycles. The van der Waals surface area contributed by atoms with Crippen LogP contribution in [0.1, 0.15) is 36.8 Å². The van der Waals surface area contributed by atoms with Crippen LogP contribution < -0.4 is 10.2 Å². The first-order valence-electron chi connectivity index (χ1n) is 12.3. The predicted molar refractivity (Wildman–Crippen MR) is 142 cm³/mol. The van der Waals surface area contributed by atoms with Crippen molar-refractivity contribution in [2.75, 3.05) is 31.1 Å². The maximum Gasteiger partial charge on any atom is 0.414 e. The average Bonchev–Trinajstić information content (AvgIpc) is 3.45. The van der Waals surface area contributed by atoms with Gasteiger partial charge in [-0.1, -0.05) is 18.3 Å². The summed E-state index contributed by atoms with van der Waals surface area (Å²) in [6, 6.07) is 9.82. The molecule has 2 aliphatic rings. The number of nitrogens with one attached hydrogen (secondary N) is 2. The number of non-ortho nitro benzene ring substituents is 1. The number of nitro benzene ring substituents is 1. The van der Waals surface area contributed by atoms with Crippen molar-refractivity contribution >= 4 is 45.6 Å². The number of H-pyrrole nitrogens is 1. The summed E-state index contributed by atoms with van der Waals surface area (Å²) in [6.07, 6.45) is 2.67. The molecule has 1 unspecified atom stereocenters. The average molecular weight is 526 g/mol. The fraction of sp³-hybridized carbons (Fsp3) is 0.385. The molecular formula is C26H28FN5O4S. The number of carbonyl (C=O) groups is 1. The standard InChI is InChI=1S/C26H28FN5O4S/c1-16(37)28-13-21-15-31(26(33)36-21)19-2-4-22(24(27)11-19)17-6-8-30(9-7-17)14-18-12-29-25-5-3-20(32(34)35)10-23(18)25/h2-5,10-12,17,21,29H,6-9,13-15H2,1H3,(H,28,37). The molecule has 2 fully saturated rings. The number of nitrogens with zero attached hydrogens (tertiary/aromatic N) is 3. The molecule has 0 aliphatic carbocycles. The van der Waals surface area contributed by atoms with E-state index in [9.17, 15) is 14.9 Å². The molecule has 1 amide bonds. The fourth-order valence-corrected chi connectivity index (χ4v) is 5.25. The number of hydrogen-bond acceptors (Lipinski definition) is 6. The Bertz CT molecular complexity index is 1350. The molecule has 37 heavy (non-hydrogen) atoms. The third kappa shape index (κ3) is 5.42. The van der Waals surface area contributed by atoms with Gasteiger partial charge in [0.2, 0.25) is 0 Å². The summed E-state index contributed by atoms with van der Waals surface area (Å²) >= 11 is 5.00. The van der Waals surface area contributed by atoms with Crippen LogP contribution in [0.4, 0.5) is 20.6 Å². The van der Waals surface area contributed by atoms with Gasteiger partial charge in [0.25, 0.3) is 5.69 Å².